The molecule has 5 heteroatoms. The Morgan fingerprint density at radius 1 is 1.53 bits per heavy atom. The molecular formula is C14H18N2O2S. The van der Waals surface area contributed by atoms with Crippen molar-refractivity contribution in [1.82, 2.24) is 9.97 Å². The van der Waals surface area contributed by atoms with Gasteiger partial charge in [0, 0.05) is 0 Å². The Kier molecular flexibility index (Phi) is 4.37. The van der Waals surface area contributed by atoms with Gasteiger partial charge in [0.15, 0.2) is 5.69 Å². The Labute approximate surface area is 116 Å². The highest BCUT2D eigenvalue weighted by Gasteiger charge is 2.20. The Balaban J connectivity index is 2.36. The van der Waals surface area contributed by atoms with Crippen molar-refractivity contribution < 1.29 is 9.53 Å². The highest BCUT2D eigenvalue weighted by atomic mass is 32.1. The van der Waals surface area contributed by atoms with E-state index in [-0.39, 0.29) is 5.97 Å². The largest absolute Gasteiger partial charge is 0.461 e. The first-order valence-electron chi connectivity index (χ1n) is 6.41. The van der Waals surface area contributed by atoms with E-state index in [0.717, 1.165) is 22.8 Å². The van der Waals surface area contributed by atoms with Gasteiger partial charge in [-0.1, -0.05) is 19.9 Å². The predicted octanol–water partition coefficient (Wildman–Crippen LogP) is 3.51. The number of ether oxygens (including phenoxy) is 1. The van der Waals surface area contributed by atoms with Crippen LogP contribution in [0.15, 0.2) is 17.5 Å². The fraction of sp³-hybridized carbons (Fsp3) is 0.429. The molecular weight excluding hydrogens is 260 g/mol. The first-order chi connectivity index (χ1) is 9.11. The van der Waals surface area contributed by atoms with Gasteiger partial charge in [-0.15, -0.1) is 11.3 Å². The molecule has 0 fully saturated rings. The molecule has 0 aliphatic rings. The zero-order valence-corrected chi connectivity index (χ0v) is 12.2. The van der Waals surface area contributed by atoms with Crippen LogP contribution in [0.3, 0.4) is 0 Å². The van der Waals surface area contributed by atoms with Gasteiger partial charge in [-0.05, 0) is 30.7 Å². The number of thiophene rings is 1. The normalized spacial score (nSPS) is 10.9. The number of aromatic nitrogens is 2. The Morgan fingerprint density at radius 2 is 2.32 bits per heavy atom. The lowest BCUT2D eigenvalue weighted by atomic mass is 10.1. The number of carbonyl (C=O) groups excluding carboxylic acids is 1. The van der Waals surface area contributed by atoms with Gasteiger partial charge in [-0.3, -0.25) is 0 Å². The third kappa shape index (κ3) is 3.23. The number of nitrogens with one attached hydrogen (secondary N) is 1. The summed E-state index contributed by atoms with van der Waals surface area (Å²) in [6.07, 6.45) is 0.784. The van der Waals surface area contributed by atoms with Crippen LogP contribution < -0.4 is 0 Å². The highest BCUT2D eigenvalue weighted by molar-refractivity contribution is 7.13. The SMILES string of the molecule is CCOC(=O)c1nc(-c2cccs2)[nH]c1CC(C)C. The summed E-state index contributed by atoms with van der Waals surface area (Å²) >= 11 is 1.60. The lowest BCUT2D eigenvalue weighted by molar-refractivity contribution is 0.0518. The number of esters is 1. The maximum absolute atomic E-state index is 11.9. The summed E-state index contributed by atoms with van der Waals surface area (Å²) in [4.78, 5) is 20.6. The summed E-state index contributed by atoms with van der Waals surface area (Å²) in [6.45, 7) is 6.38. The minimum Gasteiger partial charge on any atom is -0.461 e. The van der Waals surface area contributed by atoms with Gasteiger partial charge in [-0.2, -0.15) is 0 Å². The van der Waals surface area contributed by atoms with Crippen LogP contribution >= 0.6 is 11.3 Å². The van der Waals surface area contributed by atoms with Gasteiger partial charge in [0.25, 0.3) is 0 Å². The number of nitrogens with zero attached hydrogens (tertiary/aromatic N) is 1. The molecule has 1 N–H and O–H groups in total. The number of rotatable bonds is 5. The first-order valence-corrected chi connectivity index (χ1v) is 7.29. The predicted molar refractivity (Wildman–Crippen MR) is 76.4 cm³/mol. The fourth-order valence-electron chi connectivity index (χ4n) is 1.86. The molecule has 0 amide bonds. The molecule has 0 spiro atoms. The number of carbonyl (C=O) groups is 1. The second-order valence-corrected chi connectivity index (χ2v) is 5.66. The average molecular weight is 278 g/mol. The van der Waals surface area contributed by atoms with Crippen molar-refractivity contribution in [2.45, 2.75) is 27.2 Å². The van der Waals surface area contributed by atoms with Crippen LogP contribution in [0.1, 0.15) is 37.0 Å². The molecule has 0 saturated carbocycles. The summed E-state index contributed by atoms with van der Waals surface area (Å²) in [7, 11) is 0. The van der Waals surface area contributed by atoms with E-state index in [1.807, 2.05) is 17.5 Å². The summed E-state index contributed by atoms with van der Waals surface area (Å²) in [5, 5.41) is 1.99. The van der Waals surface area contributed by atoms with Crippen LogP contribution in [-0.4, -0.2) is 22.5 Å². The Morgan fingerprint density at radius 3 is 2.89 bits per heavy atom. The quantitative estimate of drug-likeness (QED) is 0.851. The van der Waals surface area contributed by atoms with E-state index in [1.54, 1.807) is 18.3 Å². The maximum Gasteiger partial charge on any atom is 0.358 e. The van der Waals surface area contributed by atoms with E-state index < -0.39 is 0 Å². The van der Waals surface area contributed by atoms with Crippen molar-refractivity contribution in [2.75, 3.05) is 6.61 Å². The van der Waals surface area contributed by atoms with Crippen molar-refractivity contribution in [3.05, 3.63) is 28.9 Å². The zero-order valence-electron chi connectivity index (χ0n) is 11.4. The van der Waals surface area contributed by atoms with E-state index in [0.29, 0.717) is 18.2 Å². The molecule has 19 heavy (non-hydrogen) atoms. The molecule has 2 rings (SSSR count). The molecule has 2 aromatic heterocycles. The minimum atomic E-state index is -0.350. The molecule has 0 aliphatic carbocycles. The van der Waals surface area contributed by atoms with Crippen LogP contribution in [0.4, 0.5) is 0 Å². The van der Waals surface area contributed by atoms with Crippen molar-refractivity contribution in [2.24, 2.45) is 5.92 Å². The third-order valence-electron chi connectivity index (χ3n) is 2.61. The molecule has 0 aromatic carbocycles. The second kappa shape index (κ2) is 6.02. The first kappa shape index (κ1) is 13.8. The second-order valence-electron chi connectivity index (χ2n) is 4.71. The van der Waals surface area contributed by atoms with Crippen molar-refractivity contribution in [1.29, 1.82) is 0 Å². The lowest BCUT2D eigenvalue weighted by Gasteiger charge is -2.04. The van der Waals surface area contributed by atoms with Crippen molar-refractivity contribution >= 4 is 17.3 Å². The van der Waals surface area contributed by atoms with Crippen LogP contribution in [0.2, 0.25) is 0 Å². The number of aromatic amines is 1. The van der Waals surface area contributed by atoms with Gasteiger partial charge in [-0.25, -0.2) is 9.78 Å². The average Bonchev–Trinajstić information content (AvgIpc) is 2.96. The van der Waals surface area contributed by atoms with Crippen molar-refractivity contribution in [3.63, 3.8) is 0 Å². The van der Waals surface area contributed by atoms with Gasteiger partial charge in [0.05, 0.1) is 17.2 Å². The maximum atomic E-state index is 11.9. The molecule has 2 heterocycles. The molecule has 0 unspecified atom stereocenters. The molecule has 0 bridgehead atoms. The van der Waals surface area contributed by atoms with Gasteiger partial charge in [0.2, 0.25) is 0 Å². The summed E-state index contributed by atoms with van der Waals surface area (Å²) < 4.78 is 5.06. The molecule has 0 radical (unpaired) electrons. The molecule has 2 aromatic rings. The number of hydrogen-bond acceptors (Lipinski definition) is 4. The number of H-pyrrole nitrogens is 1. The van der Waals surface area contributed by atoms with Crippen LogP contribution in [0.25, 0.3) is 10.7 Å². The fourth-order valence-corrected chi connectivity index (χ4v) is 2.53. The highest BCUT2D eigenvalue weighted by Crippen LogP contribution is 2.24. The third-order valence-corrected chi connectivity index (χ3v) is 3.49. The molecule has 0 aliphatic heterocycles. The van der Waals surface area contributed by atoms with Crippen LogP contribution in [0, 0.1) is 5.92 Å². The van der Waals surface area contributed by atoms with E-state index in [9.17, 15) is 4.79 Å². The van der Waals surface area contributed by atoms with Gasteiger partial charge < -0.3 is 9.72 Å². The lowest BCUT2D eigenvalue weighted by Crippen LogP contribution is -2.09. The zero-order chi connectivity index (χ0) is 13.8. The van der Waals surface area contributed by atoms with E-state index in [2.05, 4.69) is 23.8 Å². The summed E-state index contributed by atoms with van der Waals surface area (Å²) in [5.41, 5.74) is 1.27. The minimum absolute atomic E-state index is 0.350. The smallest absolute Gasteiger partial charge is 0.358 e. The molecule has 4 nitrogen and oxygen atoms in total. The topological polar surface area (TPSA) is 55.0 Å². The molecule has 102 valence electrons. The van der Waals surface area contributed by atoms with E-state index in [4.69, 9.17) is 4.74 Å². The van der Waals surface area contributed by atoms with Crippen molar-refractivity contribution in [3.8, 4) is 10.7 Å². The van der Waals surface area contributed by atoms with E-state index >= 15 is 0 Å². The summed E-state index contributed by atoms with van der Waals surface area (Å²) in [6, 6.07) is 3.95. The van der Waals surface area contributed by atoms with Crippen LogP contribution in [-0.2, 0) is 11.2 Å². The number of hydrogen-bond donors (Lipinski definition) is 1. The molecule has 0 atom stereocenters. The molecule has 0 saturated heterocycles. The number of imidazole rings is 1. The Hall–Kier alpha value is -1.62. The van der Waals surface area contributed by atoms with Crippen LogP contribution in [0.5, 0.6) is 0 Å². The van der Waals surface area contributed by atoms with Gasteiger partial charge in [0.1, 0.15) is 5.82 Å². The summed E-state index contributed by atoms with van der Waals surface area (Å²) in [5.74, 6) is 0.843. The monoisotopic (exact) mass is 278 g/mol. The Bertz CT molecular complexity index is 544. The van der Waals surface area contributed by atoms with Gasteiger partial charge >= 0.3 is 5.97 Å². The van der Waals surface area contributed by atoms with E-state index in [1.165, 1.54) is 0 Å². The standard InChI is InChI=1S/C14H18N2O2S/c1-4-18-14(17)12-10(8-9(2)3)15-13(16-12)11-6-5-7-19-11/h5-7,9H,4,8H2,1-3H3,(H,15,16).